The lowest BCUT2D eigenvalue weighted by molar-refractivity contribution is -0.140. The molecular weight excluding hydrogens is 266 g/mol. The van der Waals surface area contributed by atoms with Gasteiger partial charge in [-0.05, 0) is 28.1 Å². The van der Waals surface area contributed by atoms with E-state index in [4.69, 9.17) is 5.26 Å². The molecule has 1 aromatic carbocycles. The molecule has 0 bridgehead atoms. The van der Waals surface area contributed by atoms with Gasteiger partial charge in [-0.15, -0.1) is 0 Å². The fourth-order valence-corrected chi connectivity index (χ4v) is 1.27. The maximum absolute atomic E-state index is 13.1. The summed E-state index contributed by atoms with van der Waals surface area (Å²) >= 11 is 2.78. The normalized spacial score (nSPS) is 11.1. The molecule has 0 spiro atoms. The Labute approximate surface area is 85.1 Å². The van der Waals surface area contributed by atoms with Crippen molar-refractivity contribution in [2.45, 2.75) is 6.18 Å². The molecular formula is C8H2BrF4N. The molecule has 0 aliphatic rings. The second-order valence-corrected chi connectivity index (χ2v) is 3.25. The molecule has 0 aromatic heterocycles. The van der Waals surface area contributed by atoms with Crippen molar-refractivity contribution < 1.29 is 17.6 Å². The van der Waals surface area contributed by atoms with E-state index in [1.807, 2.05) is 0 Å². The molecule has 0 unspecified atom stereocenters. The number of nitriles is 1. The van der Waals surface area contributed by atoms with Crippen LogP contribution in [0.5, 0.6) is 0 Å². The highest BCUT2D eigenvalue weighted by molar-refractivity contribution is 9.10. The average molecular weight is 268 g/mol. The summed E-state index contributed by atoms with van der Waals surface area (Å²) in [5.74, 6) is -1.55. The third kappa shape index (κ3) is 1.87. The Morgan fingerprint density at radius 1 is 1.29 bits per heavy atom. The number of alkyl halides is 3. The third-order valence-electron chi connectivity index (χ3n) is 1.51. The highest BCUT2D eigenvalue weighted by Gasteiger charge is 2.35. The summed E-state index contributed by atoms with van der Waals surface area (Å²) in [6.07, 6.45) is -4.78. The minimum absolute atomic E-state index is 0.00509. The fraction of sp³-hybridized carbons (Fsp3) is 0.125. The van der Waals surface area contributed by atoms with Gasteiger partial charge in [0, 0.05) is 4.47 Å². The van der Waals surface area contributed by atoms with Crippen LogP contribution in [0.1, 0.15) is 11.1 Å². The first-order chi connectivity index (χ1) is 6.38. The van der Waals surface area contributed by atoms with E-state index in [2.05, 4.69) is 15.9 Å². The van der Waals surface area contributed by atoms with Crippen molar-refractivity contribution in [2.75, 3.05) is 0 Å². The highest BCUT2D eigenvalue weighted by atomic mass is 79.9. The van der Waals surface area contributed by atoms with Crippen molar-refractivity contribution in [3.63, 3.8) is 0 Å². The highest BCUT2D eigenvalue weighted by Crippen LogP contribution is 2.34. The first-order valence-electron chi connectivity index (χ1n) is 3.33. The minimum atomic E-state index is -4.78. The predicted octanol–water partition coefficient (Wildman–Crippen LogP) is 3.48. The fourth-order valence-electron chi connectivity index (χ4n) is 0.874. The summed E-state index contributed by atoms with van der Waals surface area (Å²) in [5.41, 5.74) is -2.07. The van der Waals surface area contributed by atoms with Crippen molar-refractivity contribution in [1.29, 1.82) is 5.26 Å². The molecule has 0 N–H and O–H groups in total. The Bertz CT molecular complexity index is 405. The maximum Gasteiger partial charge on any atom is 0.419 e. The molecule has 0 aliphatic heterocycles. The molecule has 0 saturated carbocycles. The average Bonchev–Trinajstić information content (AvgIpc) is 2.02. The van der Waals surface area contributed by atoms with Crippen LogP contribution in [0, 0.1) is 17.1 Å². The number of nitrogens with zero attached hydrogens (tertiary/aromatic N) is 1. The van der Waals surface area contributed by atoms with Crippen LogP contribution in [0.15, 0.2) is 16.6 Å². The van der Waals surface area contributed by atoms with Gasteiger partial charge in [0.05, 0.1) is 5.56 Å². The first kappa shape index (κ1) is 11.0. The number of halogens is 5. The van der Waals surface area contributed by atoms with E-state index >= 15 is 0 Å². The van der Waals surface area contributed by atoms with Crippen molar-refractivity contribution >= 4 is 15.9 Å². The van der Waals surface area contributed by atoms with Gasteiger partial charge in [0.15, 0.2) is 5.82 Å². The van der Waals surface area contributed by atoms with Crippen molar-refractivity contribution in [3.8, 4) is 6.07 Å². The lowest BCUT2D eigenvalue weighted by atomic mass is 10.1. The lowest BCUT2D eigenvalue weighted by Crippen LogP contribution is -2.09. The molecule has 6 heteroatoms. The smallest absolute Gasteiger partial charge is 0.205 e. The van der Waals surface area contributed by atoms with Gasteiger partial charge in [-0.3, -0.25) is 0 Å². The van der Waals surface area contributed by atoms with E-state index < -0.39 is 23.1 Å². The number of hydrogen-bond acceptors (Lipinski definition) is 1. The zero-order valence-electron chi connectivity index (χ0n) is 6.49. The molecule has 0 heterocycles. The Morgan fingerprint density at radius 3 is 2.29 bits per heavy atom. The van der Waals surface area contributed by atoms with Gasteiger partial charge in [0.2, 0.25) is 0 Å². The molecule has 0 saturated heterocycles. The molecule has 1 rings (SSSR count). The topological polar surface area (TPSA) is 23.8 Å². The molecule has 0 fully saturated rings. The zero-order chi connectivity index (χ0) is 10.9. The van der Waals surface area contributed by atoms with Crippen LogP contribution in [0.2, 0.25) is 0 Å². The molecule has 14 heavy (non-hydrogen) atoms. The van der Waals surface area contributed by atoms with Gasteiger partial charge < -0.3 is 0 Å². The summed E-state index contributed by atoms with van der Waals surface area (Å²) in [7, 11) is 0. The van der Waals surface area contributed by atoms with Gasteiger partial charge in [-0.25, -0.2) is 4.39 Å². The Morgan fingerprint density at radius 2 is 1.86 bits per heavy atom. The molecule has 1 aromatic rings. The Kier molecular flexibility index (Phi) is 2.81. The zero-order valence-corrected chi connectivity index (χ0v) is 8.08. The Hall–Kier alpha value is -1.09. The van der Waals surface area contributed by atoms with E-state index in [1.54, 1.807) is 0 Å². The third-order valence-corrected chi connectivity index (χ3v) is 2.17. The summed E-state index contributed by atoms with van der Waals surface area (Å²) < 4.78 is 49.5. The Balaban J connectivity index is 3.46. The second kappa shape index (κ2) is 3.58. The van der Waals surface area contributed by atoms with Gasteiger partial charge in [-0.1, -0.05) is 0 Å². The number of benzene rings is 1. The van der Waals surface area contributed by atoms with Crippen molar-refractivity contribution in [1.82, 2.24) is 0 Å². The van der Waals surface area contributed by atoms with E-state index in [0.29, 0.717) is 6.07 Å². The molecule has 0 aliphatic carbocycles. The summed E-state index contributed by atoms with van der Waals surface area (Å²) in [6, 6.07) is 2.93. The van der Waals surface area contributed by atoms with Crippen LogP contribution in [0.4, 0.5) is 17.6 Å². The maximum atomic E-state index is 13.1. The first-order valence-corrected chi connectivity index (χ1v) is 4.12. The van der Waals surface area contributed by atoms with Gasteiger partial charge in [0.1, 0.15) is 11.6 Å². The van der Waals surface area contributed by atoms with Gasteiger partial charge in [0.25, 0.3) is 0 Å². The SMILES string of the molecule is N#Cc1c(Br)ccc(C(F)(F)F)c1F. The largest absolute Gasteiger partial charge is 0.419 e. The van der Waals surface area contributed by atoms with Crippen LogP contribution < -0.4 is 0 Å². The second-order valence-electron chi connectivity index (χ2n) is 2.39. The van der Waals surface area contributed by atoms with E-state index in [0.717, 1.165) is 6.07 Å². The minimum Gasteiger partial charge on any atom is -0.205 e. The molecule has 0 atom stereocenters. The molecule has 74 valence electrons. The van der Waals surface area contributed by atoms with E-state index in [1.165, 1.54) is 6.07 Å². The van der Waals surface area contributed by atoms with E-state index in [9.17, 15) is 17.6 Å². The molecule has 0 radical (unpaired) electrons. The van der Waals surface area contributed by atoms with Gasteiger partial charge in [-0.2, -0.15) is 18.4 Å². The summed E-state index contributed by atoms with van der Waals surface area (Å²) in [6.45, 7) is 0. The standard InChI is InChI=1S/C8H2BrF4N/c9-6-2-1-5(8(11,12)13)7(10)4(6)3-14/h1-2H. The summed E-state index contributed by atoms with van der Waals surface area (Å²) in [5, 5.41) is 8.40. The summed E-state index contributed by atoms with van der Waals surface area (Å²) in [4.78, 5) is 0. The van der Waals surface area contributed by atoms with Crippen LogP contribution in [0.3, 0.4) is 0 Å². The van der Waals surface area contributed by atoms with Crippen LogP contribution in [0.25, 0.3) is 0 Å². The van der Waals surface area contributed by atoms with Crippen LogP contribution in [-0.4, -0.2) is 0 Å². The molecule has 0 amide bonds. The number of rotatable bonds is 0. The van der Waals surface area contributed by atoms with Crippen LogP contribution in [-0.2, 0) is 6.18 Å². The quantitative estimate of drug-likeness (QED) is 0.661. The van der Waals surface area contributed by atoms with Gasteiger partial charge >= 0.3 is 6.18 Å². The van der Waals surface area contributed by atoms with Crippen molar-refractivity contribution in [2.24, 2.45) is 0 Å². The predicted molar refractivity (Wildman–Crippen MR) is 43.8 cm³/mol. The van der Waals surface area contributed by atoms with Crippen molar-refractivity contribution in [3.05, 3.63) is 33.5 Å². The monoisotopic (exact) mass is 267 g/mol. The van der Waals surface area contributed by atoms with Crippen LogP contribution >= 0.6 is 15.9 Å². The van der Waals surface area contributed by atoms with E-state index in [-0.39, 0.29) is 4.47 Å². The lowest BCUT2D eigenvalue weighted by Gasteiger charge is -2.08. The molecule has 1 nitrogen and oxygen atoms in total. The number of hydrogen-bond donors (Lipinski definition) is 0.